The number of nitrogens with two attached hydrogens (primary N) is 1. The van der Waals surface area contributed by atoms with E-state index in [2.05, 4.69) is 0 Å². The molecule has 0 saturated heterocycles. The zero-order valence-electron chi connectivity index (χ0n) is 11.2. The number of hydrogen-bond acceptors (Lipinski definition) is 4. The van der Waals surface area contributed by atoms with Crippen molar-refractivity contribution in [3.05, 3.63) is 69.3 Å². The van der Waals surface area contributed by atoms with Crippen LogP contribution in [-0.4, -0.2) is 15.7 Å². The molecular formula is C15H13N3O3. The lowest BCUT2D eigenvalue weighted by Gasteiger charge is -2.16. The fourth-order valence-electron chi connectivity index (χ4n) is 2.55. The molecule has 0 radical (unpaired) electrons. The molecule has 0 unspecified atom stereocenters. The molecule has 6 nitrogen and oxygen atoms in total. The van der Waals surface area contributed by atoms with Gasteiger partial charge in [-0.1, -0.05) is 30.3 Å². The Labute approximate surface area is 120 Å². The highest BCUT2D eigenvalue weighted by Crippen LogP contribution is 2.29. The third-order valence-corrected chi connectivity index (χ3v) is 3.64. The number of anilines is 1. The van der Waals surface area contributed by atoms with Crippen molar-refractivity contribution in [1.82, 2.24) is 4.90 Å². The van der Waals surface area contributed by atoms with Gasteiger partial charge in [0.05, 0.1) is 10.5 Å². The monoisotopic (exact) mass is 283 g/mol. The normalized spacial score (nSPS) is 13.0. The van der Waals surface area contributed by atoms with Crippen molar-refractivity contribution >= 4 is 17.3 Å². The number of nitro groups is 1. The van der Waals surface area contributed by atoms with Crippen LogP contribution in [0.1, 0.15) is 21.5 Å². The van der Waals surface area contributed by atoms with E-state index in [0.29, 0.717) is 13.1 Å². The number of rotatable bonds is 2. The molecule has 0 bridgehead atoms. The van der Waals surface area contributed by atoms with E-state index in [4.69, 9.17) is 5.73 Å². The van der Waals surface area contributed by atoms with E-state index >= 15 is 0 Å². The third kappa shape index (κ3) is 2.20. The van der Waals surface area contributed by atoms with E-state index < -0.39 is 4.92 Å². The summed E-state index contributed by atoms with van der Waals surface area (Å²) in [5, 5.41) is 10.9. The van der Waals surface area contributed by atoms with Gasteiger partial charge in [0, 0.05) is 19.2 Å². The van der Waals surface area contributed by atoms with Gasteiger partial charge in [-0.05, 0) is 17.2 Å². The standard InChI is InChI=1S/C15H13N3O3/c16-14-12(6-3-7-13(14)18(20)21)15(19)17-8-10-4-1-2-5-11(10)9-17/h1-7H,8-9,16H2. The maximum atomic E-state index is 12.5. The van der Waals surface area contributed by atoms with Crippen LogP contribution < -0.4 is 5.73 Å². The molecular weight excluding hydrogens is 270 g/mol. The van der Waals surface area contributed by atoms with Crippen molar-refractivity contribution < 1.29 is 9.72 Å². The summed E-state index contributed by atoms with van der Waals surface area (Å²) in [6.45, 7) is 0.994. The Morgan fingerprint density at radius 3 is 2.29 bits per heavy atom. The highest BCUT2D eigenvalue weighted by molar-refractivity contribution is 6.01. The van der Waals surface area contributed by atoms with Crippen molar-refractivity contribution in [3.8, 4) is 0 Å². The largest absolute Gasteiger partial charge is 0.393 e. The highest BCUT2D eigenvalue weighted by atomic mass is 16.6. The van der Waals surface area contributed by atoms with Crippen LogP contribution in [0.3, 0.4) is 0 Å². The number of hydrogen-bond donors (Lipinski definition) is 1. The van der Waals surface area contributed by atoms with Crippen molar-refractivity contribution in [1.29, 1.82) is 0 Å². The molecule has 0 aromatic heterocycles. The lowest BCUT2D eigenvalue weighted by Crippen LogP contribution is -2.26. The van der Waals surface area contributed by atoms with Gasteiger partial charge in [0.15, 0.2) is 0 Å². The molecule has 6 heteroatoms. The Kier molecular flexibility index (Phi) is 3.06. The quantitative estimate of drug-likeness (QED) is 0.520. The summed E-state index contributed by atoms with van der Waals surface area (Å²) in [6.07, 6.45) is 0. The van der Waals surface area contributed by atoms with E-state index in [1.54, 1.807) is 4.90 Å². The SMILES string of the molecule is Nc1c(C(=O)N2Cc3ccccc3C2)cccc1[N+](=O)[O-]. The van der Waals surface area contributed by atoms with Crippen LogP contribution in [0.25, 0.3) is 0 Å². The van der Waals surface area contributed by atoms with E-state index in [0.717, 1.165) is 11.1 Å². The van der Waals surface area contributed by atoms with Crippen LogP contribution >= 0.6 is 0 Å². The molecule has 0 aliphatic carbocycles. The topological polar surface area (TPSA) is 89.5 Å². The molecule has 21 heavy (non-hydrogen) atoms. The van der Waals surface area contributed by atoms with Crippen LogP contribution in [0.2, 0.25) is 0 Å². The Balaban J connectivity index is 1.91. The molecule has 1 aliphatic rings. The van der Waals surface area contributed by atoms with E-state index in [1.165, 1.54) is 18.2 Å². The van der Waals surface area contributed by atoms with Crippen molar-refractivity contribution in [2.45, 2.75) is 13.1 Å². The predicted molar refractivity (Wildman–Crippen MR) is 77.5 cm³/mol. The number of carbonyl (C=O) groups excluding carboxylic acids is 1. The minimum Gasteiger partial charge on any atom is -0.393 e. The molecule has 0 spiro atoms. The first-order chi connectivity index (χ1) is 10.1. The molecule has 106 valence electrons. The first-order valence-corrected chi connectivity index (χ1v) is 6.47. The number of fused-ring (bicyclic) bond motifs is 1. The summed E-state index contributed by atoms with van der Waals surface area (Å²) in [6, 6.07) is 12.1. The van der Waals surface area contributed by atoms with Crippen LogP contribution in [0, 0.1) is 10.1 Å². The maximum Gasteiger partial charge on any atom is 0.292 e. The summed E-state index contributed by atoms with van der Waals surface area (Å²) in [4.78, 5) is 24.5. The number of carbonyl (C=O) groups is 1. The number of para-hydroxylation sites is 1. The summed E-state index contributed by atoms with van der Waals surface area (Å²) >= 11 is 0. The number of nitro benzene ring substituents is 1. The smallest absolute Gasteiger partial charge is 0.292 e. The van der Waals surface area contributed by atoms with Crippen molar-refractivity contribution in [2.75, 3.05) is 5.73 Å². The van der Waals surface area contributed by atoms with Gasteiger partial charge in [0.1, 0.15) is 5.69 Å². The molecule has 0 fully saturated rings. The molecule has 0 saturated carbocycles. The molecule has 1 aliphatic heterocycles. The van der Waals surface area contributed by atoms with Gasteiger partial charge in [-0.25, -0.2) is 0 Å². The Hall–Kier alpha value is -2.89. The van der Waals surface area contributed by atoms with Crippen LogP contribution in [-0.2, 0) is 13.1 Å². The summed E-state index contributed by atoms with van der Waals surface area (Å²) < 4.78 is 0. The van der Waals surface area contributed by atoms with Crippen molar-refractivity contribution in [3.63, 3.8) is 0 Å². The third-order valence-electron chi connectivity index (χ3n) is 3.64. The number of nitrogens with zero attached hydrogens (tertiary/aromatic N) is 2. The van der Waals surface area contributed by atoms with Gasteiger partial charge in [-0.3, -0.25) is 14.9 Å². The van der Waals surface area contributed by atoms with Gasteiger partial charge < -0.3 is 10.6 Å². The average Bonchev–Trinajstić information content (AvgIpc) is 2.90. The van der Waals surface area contributed by atoms with Gasteiger partial charge in [0.25, 0.3) is 11.6 Å². The number of benzene rings is 2. The lowest BCUT2D eigenvalue weighted by atomic mass is 10.1. The zero-order chi connectivity index (χ0) is 15.0. The molecule has 2 aromatic carbocycles. The summed E-state index contributed by atoms with van der Waals surface area (Å²) in [5.41, 5.74) is 7.81. The molecule has 0 atom stereocenters. The minimum absolute atomic E-state index is 0.0801. The Morgan fingerprint density at radius 2 is 1.71 bits per heavy atom. The van der Waals surface area contributed by atoms with Crippen LogP contribution in [0.15, 0.2) is 42.5 Å². The average molecular weight is 283 g/mol. The Bertz CT molecular complexity index is 718. The van der Waals surface area contributed by atoms with Crippen molar-refractivity contribution in [2.24, 2.45) is 0 Å². The second-order valence-electron chi connectivity index (χ2n) is 4.93. The van der Waals surface area contributed by atoms with Crippen LogP contribution in [0.5, 0.6) is 0 Å². The molecule has 3 rings (SSSR count). The fourth-order valence-corrected chi connectivity index (χ4v) is 2.55. The second kappa shape index (κ2) is 4.90. The summed E-state index contributed by atoms with van der Waals surface area (Å²) in [5.74, 6) is -0.285. The highest BCUT2D eigenvalue weighted by Gasteiger charge is 2.27. The first kappa shape index (κ1) is 13.1. The van der Waals surface area contributed by atoms with Gasteiger partial charge in [-0.2, -0.15) is 0 Å². The molecule has 2 N–H and O–H groups in total. The Morgan fingerprint density at radius 1 is 1.10 bits per heavy atom. The summed E-state index contributed by atoms with van der Waals surface area (Å²) in [7, 11) is 0. The maximum absolute atomic E-state index is 12.5. The van der Waals surface area contributed by atoms with Crippen LogP contribution in [0.4, 0.5) is 11.4 Å². The lowest BCUT2D eigenvalue weighted by molar-refractivity contribution is -0.383. The number of amides is 1. The molecule has 1 amide bonds. The molecule has 2 aromatic rings. The first-order valence-electron chi connectivity index (χ1n) is 6.47. The second-order valence-corrected chi connectivity index (χ2v) is 4.93. The zero-order valence-corrected chi connectivity index (χ0v) is 11.2. The van der Waals surface area contributed by atoms with E-state index in [9.17, 15) is 14.9 Å². The predicted octanol–water partition coefficient (Wildman–Crippen LogP) is 2.33. The van der Waals surface area contributed by atoms with Gasteiger partial charge in [0.2, 0.25) is 0 Å². The van der Waals surface area contributed by atoms with E-state index in [-0.39, 0.29) is 22.8 Å². The van der Waals surface area contributed by atoms with Gasteiger partial charge >= 0.3 is 0 Å². The van der Waals surface area contributed by atoms with E-state index in [1.807, 2.05) is 24.3 Å². The molecule has 1 heterocycles. The van der Waals surface area contributed by atoms with Gasteiger partial charge in [-0.15, -0.1) is 0 Å². The number of nitrogen functional groups attached to an aromatic ring is 1. The fraction of sp³-hybridized carbons (Fsp3) is 0.133. The minimum atomic E-state index is -0.579.